The highest BCUT2D eigenvalue weighted by molar-refractivity contribution is 5.99. The molecule has 3 fully saturated rings. The average molecular weight is 557 g/mol. The van der Waals surface area contributed by atoms with E-state index >= 15 is 0 Å². The minimum atomic E-state index is -0.287. The summed E-state index contributed by atoms with van der Waals surface area (Å²) in [5, 5.41) is 5.78. The summed E-state index contributed by atoms with van der Waals surface area (Å²) in [6, 6.07) is 23.5. The fourth-order valence-electron chi connectivity index (χ4n) is 6.49. The summed E-state index contributed by atoms with van der Waals surface area (Å²) in [5.41, 5.74) is 3.99. The fourth-order valence-corrected chi connectivity index (χ4v) is 6.49. The van der Waals surface area contributed by atoms with Crippen LogP contribution in [-0.4, -0.2) is 72.2 Å². The number of hydrogen-bond donors (Lipinski definition) is 2. The van der Waals surface area contributed by atoms with Crippen molar-refractivity contribution in [2.45, 2.75) is 63.3 Å². The molecular weight excluding hydrogens is 512 g/mol. The van der Waals surface area contributed by atoms with Crippen molar-refractivity contribution in [3.63, 3.8) is 0 Å². The van der Waals surface area contributed by atoms with E-state index in [0.29, 0.717) is 23.7 Å². The van der Waals surface area contributed by atoms with E-state index in [0.717, 1.165) is 44.7 Å². The van der Waals surface area contributed by atoms with Crippen molar-refractivity contribution < 1.29 is 11.0 Å². The summed E-state index contributed by atoms with van der Waals surface area (Å²) in [6.07, 6.45) is 8.93. The molecule has 2 aliphatic heterocycles. The molecule has 8 nitrogen and oxygen atoms in total. The van der Waals surface area contributed by atoms with Crippen molar-refractivity contribution in [3.05, 3.63) is 78.5 Å². The van der Waals surface area contributed by atoms with Crippen molar-refractivity contribution in [2.75, 3.05) is 48.8 Å². The van der Waals surface area contributed by atoms with E-state index < -0.39 is 0 Å². The van der Waals surface area contributed by atoms with Gasteiger partial charge in [0.05, 0.1) is 11.9 Å². The van der Waals surface area contributed by atoms with Crippen LogP contribution in [0.5, 0.6) is 5.88 Å². The second kappa shape index (κ2) is 12.9. The number of pyridine rings is 1. The zero-order valence-corrected chi connectivity index (χ0v) is 24.0. The molecule has 2 saturated heterocycles. The van der Waals surface area contributed by atoms with Gasteiger partial charge in [0.2, 0.25) is 5.88 Å². The van der Waals surface area contributed by atoms with E-state index in [9.17, 15) is 4.79 Å². The minimum Gasteiger partial charge on any atom is -0.474 e. The topological polar surface area (TPSA) is 73.0 Å². The highest BCUT2D eigenvalue weighted by atomic mass is 16.5. The first-order valence-electron chi connectivity index (χ1n) is 15.1. The third kappa shape index (κ3) is 7.18. The Kier molecular flexibility index (Phi) is 8.68. The van der Waals surface area contributed by atoms with Gasteiger partial charge < -0.3 is 20.3 Å². The van der Waals surface area contributed by atoms with Crippen LogP contribution in [0.15, 0.2) is 72.9 Å². The number of likely N-dealkylation sites (tertiary alicyclic amines) is 1. The Hall–Kier alpha value is -3.62. The molecule has 41 heavy (non-hydrogen) atoms. The SMILES string of the molecule is CN(C1CCN(Cc2ccccc2)C1)C1CCN(c2ccc(NC(=O)Nc3ccc(OC4CCCC4)nc3)cc2)C1.[HH]. The number of rotatable bonds is 9. The maximum atomic E-state index is 12.6. The number of nitrogens with one attached hydrogen (secondary N) is 2. The van der Waals surface area contributed by atoms with Crippen LogP contribution in [0.4, 0.5) is 21.9 Å². The Balaban J connectivity index is 0.00000353. The molecule has 8 heteroatoms. The van der Waals surface area contributed by atoms with Gasteiger partial charge in [-0.25, -0.2) is 9.78 Å². The normalized spacial score (nSPS) is 21.5. The lowest BCUT2D eigenvalue weighted by Gasteiger charge is -2.31. The second-order valence-corrected chi connectivity index (χ2v) is 11.8. The number of carbonyl (C=O) groups is 1. The number of carbonyl (C=O) groups excluding carboxylic acids is 1. The zero-order valence-electron chi connectivity index (χ0n) is 24.0. The monoisotopic (exact) mass is 556 g/mol. The summed E-state index contributed by atoms with van der Waals surface area (Å²) >= 11 is 0. The maximum Gasteiger partial charge on any atom is 0.323 e. The first-order chi connectivity index (χ1) is 20.1. The van der Waals surface area contributed by atoms with E-state index in [2.05, 4.69) is 79.8 Å². The molecule has 1 aliphatic carbocycles. The number of ether oxygens (including phenoxy) is 1. The summed E-state index contributed by atoms with van der Waals surface area (Å²) in [7, 11) is 2.31. The molecule has 2 aromatic carbocycles. The van der Waals surface area contributed by atoms with Crippen molar-refractivity contribution in [2.24, 2.45) is 0 Å². The van der Waals surface area contributed by atoms with Gasteiger partial charge >= 0.3 is 6.03 Å². The molecule has 2 atom stereocenters. The number of amides is 2. The molecule has 2 unspecified atom stereocenters. The minimum absolute atomic E-state index is 0. The molecule has 0 bridgehead atoms. The lowest BCUT2D eigenvalue weighted by atomic mass is 10.1. The third-order valence-electron chi connectivity index (χ3n) is 8.89. The van der Waals surface area contributed by atoms with Gasteiger partial charge in [0.15, 0.2) is 0 Å². The predicted molar refractivity (Wildman–Crippen MR) is 167 cm³/mol. The average Bonchev–Trinajstić information content (AvgIpc) is 3.78. The van der Waals surface area contributed by atoms with E-state index in [1.54, 1.807) is 6.20 Å². The standard InChI is InChI=1S/C33H42N6O2.H2/c1-37(29-17-19-38(23-29)22-25-7-3-2-4-8-25)30-18-20-39(24-30)28-14-11-26(12-15-28)35-33(40)36-27-13-16-32(34-21-27)41-31-9-5-6-10-31;/h2-4,7-8,11-16,21,29-31H,5-6,9-10,17-20,22-24H2,1H3,(H2,35,36,40);1H. The number of likely N-dealkylation sites (N-methyl/N-ethyl adjacent to an activating group) is 1. The molecular formula is C33H44N6O2. The zero-order chi connectivity index (χ0) is 28.0. The van der Waals surface area contributed by atoms with Crippen LogP contribution in [0.2, 0.25) is 0 Å². The molecule has 6 rings (SSSR count). The van der Waals surface area contributed by atoms with Gasteiger partial charge in [-0.05, 0) is 81.5 Å². The lowest BCUT2D eigenvalue weighted by Crippen LogP contribution is -2.43. The molecule has 0 spiro atoms. The number of nitrogens with zero attached hydrogens (tertiary/aromatic N) is 4. The van der Waals surface area contributed by atoms with Crippen LogP contribution in [0.1, 0.15) is 45.5 Å². The van der Waals surface area contributed by atoms with Gasteiger partial charge in [0.25, 0.3) is 0 Å². The summed E-state index contributed by atoms with van der Waals surface area (Å²) in [5.74, 6) is 0.613. The van der Waals surface area contributed by atoms with Crippen LogP contribution in [0.25, 0.3) is 0 Å². The van der Waals surface area contributed by atoms with Crippen LogP contribution in [-0.2, 0) is 6.54 Å². The first-order valence-corrected chi connectivity index (χ1v) is 15.1. The molecule has 3 aliphatic rings. The molecule has 1 aromatic heterocycles. The van der Waals surface area contributed by atoms with Crippen LogP contribution < -0.4 is 20.3 Å². The van der Waals surface area contributed by atoms with Crippen molar-refractivity contribution >= 4 is 23.1 Å². The second-order valence-electron chi connectivity index (χ2n) is 11.8. The number of benzene rings is 2. The van der Waals surface area contributed by atoms with Crippen molar-refractivity contribution in [3.8, 4) is 5.88 Å². The Labute approximate surface area is 245 Å². The third-order valence-corrected chi connectivity index (χ3v) is 8.89. The van der Waals surface area contributed by atoms with E-state index in [-0.39, 0.29) is 13.6 Å². The summed E-state index contributed by atoms with van der Waals surface area (Å²) in [4.78, 5) is 24.6. The quantitative estimate of drug-likeness (QED) is 0.333. The van der Waals surface area contributed by atoms with Crippen LogP contribution in [0.3, 0.4) is 0 Å². The number of hydrogen-bond acceptors (Lipinski definition) is 6. The smallest absolute Gasteiger partial charge is 0.323 e. The Bertz CT molecular complexity index is 1270. The largest absolute Gasteiger partial charge is 0.474 e. The van der Waals surface area contributed by atoms with E-state index in [4.69, 9.17) is 4.74 Å². The summed E-state index contributed by atoms with van der Waals surface area (Å²) in [6.45, 7) is 5.43. The number of urea groups is 1. The molecule has 2 amide bonds. The molecule has 1 saturated carbocycles. The molecule has 0 radical (unpaired) electrons. The Morgan fingerprint density at radius 2 is 1.61 bits per heavy atom. The Morgan fingerprint density at radius 1 is 0.902 bits per heavy atom. The van der Waals surface area contributed by atoms with Gasteiger partial charge in [-0.2, -0.15) is 0 Å². The Morgan fingerprint density at radius 3 is 2.37 bits per heavy atom. The summed E-state index contributed by atoms with van der Waals surface area (Å²) < 4.78 is 5.91. The number of anilines is 3. The highest BCUT2D eigenvalue weighted by Gasteiger charge is 2.33. The van der Waals surface area contributed by atoms with Gasteiger partial charge in [-0.1, -0.05) is 30.3 Å². The van der Waals surface area contributed by atoms with Gasteiger partial charge in [-0.15, -0.1) is 0 Å². The predicted octanol–water partition coefficient (Wildman–Crippen LogP) is 6.08. The van der Waals surface area contributed by atoms with Gasteiger partial charge in [0, 0.05) is 63.7 Å². The molecule has 218 valence electrons. The van der Waals surface area contributed by atoms with Gasteiger partial charge in [0.1, 0.15) is 6.10 Å². The molecule has 3 aromatic rings. The van der Waals surface area contributed by atoms with Crippen molar-refractivity contribution in [1.82, 2.24) is 14.8 Å². The van der Waals surface area contributed by atoms with Gasteiger partial charge in [-0.3, -0.25) is 9.80 Å². The molecule has 3 heterocycles. The lowest BCUT2D eigenvalue weighted by molar-refractivity contribution is 0.180. The van der Waals surface area contributed by atoms with Crippen LogP contribution >= 0.6 is 0 Å². The van der Waals surface area contributed by atoms with Crippen LogP contribution in [0, 0.1) is 0 Å². The molecule has 2 N–H and O–H groups in total. The van der Waals surface area contributed by atoms with E-state index in [1.807, 2.05) is 24.3 Å². The maximum absolute atomic E-state index is 12.6. The fraction of sp³-hybridized carbons (Fsp3) is 0.455. The number of aromatic nitrogens is 1. The first kappa shape index (κ1) is 27.5. The van der Waals surface area contributed by atoms with Crippen molar-refractivity contribution in [1.29, 1.82) is 0 Å². The van der Waals surface area contributed by atoms with E-state index in [1.165, 1.54) is 43.5 Å². The highest BCUT2D eigenvalue weighted by Crippen LogP contribution is 2.28.